The van der Waals surface area contributed by atoms with Crippen LogP contribution in [-0.2, 0) is 14.3 Å². The lowest BCUT2D eigenvalue weighted by Crippen LogP contribution is -2.21. The van der Waals surface area contributed by atoms with E-state index >= 15 is 0 Å². The van der Waals surface area contributed by atoms with Gasteiger partial charge in [0.25, 0.3) is 0 Å². The van der Waals surface area contributed by atoms with Crippen molar-refractivity contribution in [2.24, 2.45) is 17.8 Å². The third-order valence-corrected chi connectivity index (χ3v) is 3.02. The standard InChI is InChI=1S/C13H20O3.C2H6/c1-5-10(9(4)6-8(2)3)11-7-12(14)16-13(11)15;1-2/h8,10-11H,4-7H2,1-3H3;1-2H3. The fourth-order valence-corrected chi connectivity index (χ4v) is 2.33. The number of carbonyl (C=O) groups excluding carboxylic acids is 2. The Morgan fingerprint density at radius 2 is 1.94 bits per heavy atom. The third-order valence-electron chi connectivity index (χ3n) is 3.02. The van der Waals surface area contributed by atoms with Crippen molar-refractivity contribution in [3.63, 3.8) is 0 Å². The maximum absolute atomic E-state index is 11.5. The molecule has 0 saturated carbocycles. The summed E-state index contributed by atoms with van der Waals surface area (Å²) in [5, 5.41) is 0. The predicted molar refractivity (Wildman–Crippen MR) is 72.9 cm³/mol. The van der Waals surface area contributed by atoms with E-state index in [1.165, 1.54) is 0 Å². The topological polar surface area (TPSA) is 43.4 Å². The van der Waals surface area contributed by atoms with Gasteiger partial charge in [0.15, 0.2) is 0 Å². The van der Waals surface area contributed by atoms with Gasteiger partial charge in [-0.15, -0.1) is 0 Å². The largest absolute Gasteiger partial charge is 0.393 e. The Labute approximate surface area is 111 Å². The molecule has 2 unspecified atom stereocenters. The van der Waals surface area contributed by atoms with Crippen LogP contribution in [0.5, 0.6) is 0 Å². The van der Waals surface area contributed by atoms with Crippen molar-refractivity contribution < 1.29 is 14.3 Å². The highest BCUT2D eigenvalue weighted by Gasteiger charge is 2.39. The van der Waals surface area contributed by atoms with Crippen molar-refractivity contribution in [2.45, 2.75) is 53.9 Å². The van der Waals surface area contributed by atoms with E-state index in [0.29, 0.717) is 5.92 Å². The molecule has 0 N–H and O–H groups in total. The van der Waals surface area contributed by atoms with Gasteiger partial charge in [0.2, 0.25) is 0 Å². The molecule has 0 bridgehead atoms. The molecule has 2 atom stereocenters. The predicted octanol–water partition coefficient (Wildman–Crippen LogP) is 3.73. The Kier molecular flexibility index (Phi) is 7.56. The Hall–Kier alpha value is -1.12. The number of allylic oxidation sites excluding steroid dienone is 1. The van der Waals surface area contributed by atoms with Crippen LogP contribution >= 0.6 is 0 Å². The van der Waals surface area contributed by atoms with Crippen LogP contribution in [-0.4, -0.2) is 11.9 Å². The molecule has 0 aromatic rings. The molecule has 1 rings (SSSR count). The van der Waals surface area contributed by atoms with Crippen molar-refractivity contribution in [3.8, 4) is 0 Å². The van der Waals surface area contributed by atoms with E-state index in [1.54, 1.807) is 0 Å². The molecule has 0 aromatic heterocycles. The minimum Gasteiger partial charge on any atom is -0.393 e. The first kappa shape index (κ1) is 16.9. The number of esters is 2. The highest BCUT2D eigenvalue weighted by molar-refractivity contribution is 5.95. The average Bonchev–Trinajstić information content (AvgIpc) is 2.61. The first-order chi connectivity index (χ1) is 8.45. The van der Waals surface area contributed by atoms with Crippen molar-refractivity contribution in [1.29, 1.82) is 0 Å². The molecule has 1 aliphatic rings. The number of hydrogen-bond donors (Lipinski definition) is 0. The summed E-state index contributed by atoms with van der Waals surface area (Å²) in [7, 11) is 0. The van der Waals surface area contributed by atoms with Crippen LogP contribution in [0, 0.1) is 17.8 Å². The SMILES string of the molecule is C=C(CC(C)C)C(CC)C1CC(=O)OC1=O.CC. The first-order valence-corrected chi connectivity index (χ1v) is 6.87. The second kappa shape index (κ2) is 8.06. The second-order valence-electron chi connectivity index (χ2n) is 4.87. The molecule has 0 aliphatic carbocycles. The van der Waals surface area contributed by atoms with Gasteiger partial charge in [-0.1, -0.05) is 46.8 Å². The Balaban J connectivity index is 0.00000137. The molecular formula is C15H26O3. The van der Waals surface area contributed by atoms with Crippen LogP contribution in [0.15, 0.2) is 12.2 Å². The lowest BCUT2D eigenvalue weighted by atomic mass is 9.80. The number of cyclic esters (lactones) is 2. The summed E-state index contributed by atoms with van der Waals surface area (Å²) >= 11 is 0. The zero-order valence-electron chi connectivity index (χ0n) is 12.3. The van der Waals surface area contributed by atoms with Gasteiger partial charge in [0.1, 0.15) is 0 Å². The Morgan fingerprint density at radius 1 is 1.39 bits per heavy atom. The van der Waals surface area contributed by atoms with Crippen molar-refractivity contribution >= 4 is 11.9 Å². The van der Waals surface area contributed by atoms with Gasteiger partial charge in [-0.2, -0.15) is 0 Å². The maximum Gasteiger partial charge on any atom is 0.317 e. The molecule has 104 valence electrons. The summed E-state index contributed by atoms with van der Waals surface area (Å²) in [6.45, 7) is 14.3. The molecule has 1 heterocycles. The Bertz CT molecular complexity index is 305. The van der Waals surface area contributed by atoms with Gasteiger partial charge < -0.3 is 4.74 Å². The average molecular weight is 254 g/mol. The number of hydrogen-bond acceptors (Lipinski definition) is 3. The summed E-state index contributed by atoms with van der Waals surface area (Å²) in [6.07, 6.45) is 1.95. The van der Waals surface area contributed by atoms with Crippen molar-refractivity contribution in [1.82, 2.24) is 0 Å². The van der Waals surface area contributed by atoms with Crippen LogP contribution in [0.3, 0.4) is 0 Å². The maximum atomic E-state index is 11.5. The molecule has 3 nitrogen and oxygen atoms in total. The molecule has 1 saturated heterocycles. The molecule has 0 spiro atoms. The zero-order chi connectivity index (χ0) is 14.3. The molecule has 3 heteroatoms. The normalized spacial score (nSPS) is 20.2. The van der Waals surface area contributed by atoms with Gasteiger partial charge in [-0.3, -0.25) is 9.59 Å². The monoisotopic (exact) mass is 254 g/mol. The fraction of sp³-hybridized carbons (Fsp3) is 0.733. The number of carbonyl (C=O) groups is 2. The quantitative estimate of drug-likeness (QED) is 0.426. The van der Waals surface area contributed by atoms with Crippen LogP contribution in [0.4, 0.5) is 0 Å². The van der Waals surface area contributed by atoms with Crippen LogP contribution in [0.1, 0.15) is 53.9 Å². The molecule has 0 aromatic carbocycles. The van der Waals surface area contributed by atoms with Gasteiger partial charge in [-0.25, -0.2) is 0 Å². The minimum atomic E-state index is -0.397. The van der Waals surface area contributed by atoms with E-state index < -0.39 is 5.97 Å². The van der Waals surface area contributed by atoms with Gasteiger partial charge in [0.05, 0.1) is 12.3 Å². The highest BCUT2D eigenvalue weighted by Crippen LogP contribution is 2.33. The van der Waals surface area contributed by atoms with E-state index in [4.69, 9.17) is 0 Å². The van der Waals surface area contributed by atoms with Crippen LogP contribution in [0.2, 0.25) is 0 Å². The molecule has 18 heavy (non-hydrogen) atoms. The third kappa shape index (κ3) is 4.63. The zero-order valence-corrected chi connectivity index (χ0v) is 12.3. The lowest BCUT2D eigenvalue weighted by molar-refractivity contribution is -0.153. The van der Waals surface area contributed by atoms with Crippen molar-refractivity contribution in [3.05, 3.63) is 12.2 Å². The van der Waals surface area contributed by atoms with E-state index in [2.05, 4.69) is 25.2 Å². The lowest BCUT2D eigenvalue weighted by Gasteiger charge is -2.22. The van der Waals surface area contributed by atoms with Crippen LogP contribution < -0.4 is 0 Å². The van der Waals surface area contributed by atoms with Crippen LogP contribution in [0.25, 0.3) is 0 Å². The minimum absolute atomic E-state index is 0.0846. The van der Waals surface area contributed by atoms with E-state index in [0.717, 1.165) is 18.4 Å². The summed E-state index contributed by atoms with van der Waals surface area (Å²) < 4.78 is 4.59. The van der Waals surface area contributed by atoms with Gasteiger partial charge >= 0.3 is 11.9 Å². The number of rotatable bonds is 5. The molecule has 1 aliphatic heterocycles. The summed E-state index contributed by atoms with van der Waals surface area (Å²) in [6, 6.07) is 0. The molecular weight excluding hydrogens is 228 g/mol. The van der Waals surface area contributed by atoms with Crippen molar-refractivity contribution in [2.75, 3.05) is 0 Å². The van der Waals surface area contributed by atoms with Gasteiger partial charge in [-0.05, 0) is 24.7 Å². The molecule has 0 radical (unpaired) electrons. The van der Waals surface area contributed by atoms with E-state index in [-0.39, 0.29) is 24.2 Å². The summed E-state index contributed by atoms with van der Waals surface area (Å²) in [5.74, 6) is -0.465. The fourth-order valence-electron chi connectivity index (χ4n) is 2.33. The summed E-state index contributed by atoms with van der Waals surface area (Å²) in [4.78, 5) is 22.5. The van der Waals surface area contributed by atoms with E-state index in [1.807, 2.05) is 20.8 Å². The first-order valence-electron chi connectivity index (χ1n) is 6.87. The van der Waals surface area contributed by atoms with Gasteiger partial charge in [0, 0.05) is 0 Å². The highest BCUT2D eigenvalue weighted by atomic mass is 16.6. The van der Waals surface area contributed by atoms with E-state index in [9.17, 15) is 9.59 Å². The number of ether oxygens (including phenoxy) is 1. The second-order valence-corrected chi connectivity index (χ2v) is 4.87. The Morgan fingerprint density at radius 3 is 2.28 bits per heavy atom. The summed E-state index contributed by atoms with van der Waals surface area (Å²) in [5.41, 5.74) is 1.06. The molecule has 0 amide bonds. The smallest absolute Gasteiger partial charge is 0.317 e. The molecule has 1 fully saturated rings.